The van der Waals surface area contributed by atoms with Gasteiger partial charge < -0.3 is 9.64 Å². The lowest BCUT2D eigenvalue weighted by Crippen LogP contribution is -2.51. The SMILES string of the molecule is COc1cc(N2CCC(N3CCN(S)CC3)CC2)c(Br)c(F)c1[N+](=O)[O-]. The highest BCUT2D eigenvalue weighted by molar-refractivity contribution is 9.10. The molecule has 0 radical (unpaired) electrons. The lowest BCUT2D eigenvalue weighted by molar-refractivity contribution is -0.388. The van der Waals surface area contributed by atoms with Crippen LogP contribution in [0.4, 0.5) is 15.8 Å². The van der Waals surface area contributed by atoms with Crippen LogP contribution in [0.15, 0.2) is 10.5 Å². The van der Waals surface area contributed by atoms with Gasteiger partial charge in [0.1, 0.15) is 0 Å². The number of piperidine rings is 1. The molecule has 0 aromatic heterocycles. The molecule has 7 nitrogen and oxygen atoms in total. The van der Waals surface area contributed by atoms with E-state index in [-0.39, 0.29) is 10.2 Å². The molecule has 0 N–H and O–H groups in total. The monoisotopic (exact) mass is 448 g/mol. The highest BCUT2D eigenvalue weighted by Gasteiger charge is 2.31. The molecule has 0 amide bonds. The van der Waals surface area contributed by atoms with Crippen LogP contribution in [0.1, 0.15) is 12.8 Å². The molecule has 0 bridgehead atoms. The summed E-state index contributed by atoms with van der Waals surface area (Å²) in [6.07, 6.45) is 1.94. The summed E-state index contributed by atoms with van der Waals surface area (Å²) in [7, 11) is 1.31. The third-order valence-electron chi connectivity index (χ3n) is 5.14. The molecular formula is C16H22BrFN4O3S. The number of thiol groups is 1. The highest BCUT2D eigenvalue weighted by Crippen LogP contribution is 2.42. The van der Waals surface area contributed by atoms with Gasteiger partial charge in [-0.25, -0.2) is 0 Å². The Morgan fingerprint density at radius 1 is 1.27 bits per heavy atom. The van der Waals surface area contributed by atoms with Crippen LogP contribution in [0.5, 0.6) is 5.75 Å². The minimum Gasteiger partial charge on any atom is -0.490 e. The first-order valence-corrected chi connectivity index (χ1v) is 9.75. The van der Waals surface area contributed by atoms with Crippen molar-refractivity contribution in [1.82, 2.24) is 9.21 Å². The van der Waals surface area contributed by atoms with Gasteiger partial charge in [0.2, 0.25) is 11.6 Å². The average molecular weight is 449 g/mol. The van der Waals surface area contributed by atoms with E-state index < -0.39 is 16.4 Å². The van der Waals surface area contributed by atoms with Crippen molar-refractivity contribution in [3.63, 3.8) is 0 Å². The zero-order valence-electron chi connectivity index (χ0n) is 14.5. The summed E-state index contributed by atoms with van der Waals surface area (Å²) < 4.78 is 21.7. The van der Waals surface area contributed by atoms with Crippen LogP contribution < -0.4 is 9.64 Å². The number of hydrogen-bond acceptors (Lipinski definition) is 7. The molecule has 3 rings (SSSR count). The van der Waals surface area contributed by atoms with Crippen LogP contribution >= 0.6 is 28.7 Å². The van der Waals surface area contributed by atoms with Gasteiger partial charge in [-0.1, -0.05) is 12.8 Å². The Morgan fingerprint density at radius 2 is 1.88 bits per heavy atom. The third kappa shape index (κ3) is 3.92. The molecule has 2 fully saturated rings. The largest absolute Gasteiger partial charge is 0.490 e. The molecule has 1 aromatic carbocycles. The van der Waals surface area contributed by atoms with Gasteiger partial charge in [-0.05, 0) is 28.8 Å². The molecule has 0 saturated carbocycles. The Balaban J connectivity index is 1.73. The van der Waals surface area contributed by atoms with Crippen molar-refractivity contribution < 1.29 is 14.1 Å². The number of halogens is 2. The van der Waals surface area contributed by atoms with E-state index in [0.29, 0.717) is 11.7 Å². The van der Waals surface area contributed by atoms with E-state index in [4.69, 9.17) is 4.74 Å². The number of nitro benzene ring substituents is 1. The van der Waals surface area contributed by atoms with Crippen molar-refractivity contribution in [3.05, 3.63) is 26.5 Å². The van der Waals surface area contributed by atoms with Gasteiger partial charge >= 0.3 is 5.69 Å². The number of anilines is 1. The van der Waals surface area contributed by atoms with Gasteiger partial charge in [-0.15, -0.1) is 0 Å². The number of methoxy groups -OCH3 is 1. The Kier molecular flexibility index (Phi) is 6.26. The number of piperazine rings is 1. The Labute approximate surface area is 165 Å². The molecule has 2 aliphatic rings. The first-order chi connectivity index (χ1) is 12.4. The van der Waals surface area contributed by atoms with Crippen molar-refractivity contribution in [2.24, 2.45) is 0 Å². The maximum atomic E-state index is 14.5. The van der Waals surface area contributed by atoms with Crippen molar-refractivity contribution in [2.45, 2.75) is 18.9 Å². The summed E-state index contributed by atoms with van der Waals surface area (Å²) in [4.78, 5) is 14.9. The molecule has 26 heavy (non-hydrogen) atoms. The second-order valence-electron chi connectivity index (χ2n) is 6.54. The number of hydrogen-bond donors (Lipinski definition) is 1. The Bertz CT molecular complexity index is 680. The smallest absolute Gasteiger partial charge is 0.347 e. The van der Waals surface area contributed by atoms with E-state index in [9.17, 15) is 14.5 Å². The van der Waals surface area contributed by atoms with Gasteiger partial charge in [0.05, 0.1) is 22.2 Å². The molecule has 144 valence electrons. The number of rotatable bonds is 4. The van der Waals surface area contributed by atoms with E-state index in [2.05, 4.69) is 38.5 Å². The third-order valence-corrected chi connectivity index (χ3v) is 6.30. The molecule has 0 aliphatic carbocycles. The molecule has 2 heterocycles. The maximum Gasteiger partial charge on any atom is 0.347 e. The highest BCUT2D eigenvalue weighted by atomic mass is 79.9. The van der Waals surface area contributed by atoms with E-state index in [1.54, 1.807) is 6.07 Å². The van der Waals surface area contributed by atoms with Crippen molar-refractivity contribution >= 4 is 40.1 Å². The Hall–Kier alpha value is -1.10. The Morgan fingerprint density at radius 3 is 2.42 bits per heavy atom. The van der Waals surface area contributed by atoms with Crippen molar-refractivity contribution in [1.29, 1.82) is 0 Å². The summed E-state index contributed by atoms with van der Waals surface area (Å²) in [6.45, 7) is 5.48. The van der Waals surface area contributed by atoms with E-state index >= 15 is 0 Å². The van der Waals surface area contributed by atoms with Crippen LogP contribution in [0, 0.1) is 15.9 Å². The summed E-state index contributed by atoms with van der Waals surface area (Å²) in [6, 6.07) is 2.06. The van der Waals surface area contributed by atoms with Crippen molar-refractivity contribution in [3.8, 4) is 5.75 Å². The first-order valence-electron chi connectivity index (χ1n) is 8.55. The van der Waals surface area contributed by atoms with E-state index in [1.807, 2.05) is 4.31 Å². The quantitative estimate of drug-likeness (QED) is 0.434. The molecular weight excluding hydrogens is 427 g/mol. The van der Waals surface area contributed by atoms with E-state index in [1.165, 1.54) is 7.11 Å². The average Bonchev–Trinajstić information content (AvgIpc) is 2.64. The van der Waals surface area contributed by atoms with Gasteiger partial charge in [0.25, 0.3) is 0 Å². The number of nitro groups is 1. The fraction of sp³-hybridized carbons (Fsp3) is 0.625. The van der Waals surface area contributed by atoms with Crippen LogP contribution in [0.3, 0.4) is 0 Å². The number of ether oxygens (including phenoxy) is 1. The molecule has 1 aromatic rings. The predicted molar refractivity (Wildman–Crippen MR) is 105 cm³/mol. The summed E-state index contributed by atoms with van der Waals surface area (Å²) >= 11 is 7.58. The summed E-state index contributed by atoms with van der Waals surface area (Å²) in [5.41, 5.74) is -0.0359. The number of nitrogens with zero attached hydrogens (tertiary/aromatic N) is 4. The molecule has 2 saturated heterocycles. The minimum atomic E-state index is -0.892. The second kappa shape index (κ2) is 8.28. The topological polar surface area (TPSA) is 62.1 Å². The minimum absolute atomic E-state index is 0.0577. The van der Waals surface area contributed by atoms with Gasteiger partial charge in [-0.2, -0.15) is 4.39 Å². The van der Waals surface area contributed by atoms with Gasteiger partial charge in [-0.3, -0.25) is 19.3 Å². The predicted octanol–water partition coefficient (Wildman–Crippen LogP) is 2.94. The van der Waals surface area contributed by atoms with Gasteiger partial charge in [0.15, 0.2) is 0 Å². The van der Waals surface area contributed by atoms with Crippen molar-refractivity contribution in [2.75, 3.05) is 51.3 Å². The molecule has 10 heteroatoms. The van der Waals surface area contributed by atoms with Crippen LogP contribution in [-0.2, 0) is 0 Å². The molecule has 0 atom stereocenters. The fourth-order valence-electron chi connectivity index (χ4n) is 3.68. The van der Waals surface area contributed by atoms with E-state index in [0.717, 1.165) is 52.1 Å². The first kappa shape index (κ1) is 19.7. The maximum absolute atomic E-state index is 14.5. The summed E-state index contributed by atoms with van der Waals surface area (Å²) in [5.74, 6) is -0.950. The van der Waals surface area contributed by atoms with Crippen LogP contribution in [0.25, 0.3) is 0 Å². The normalized spacial score (nSPS) is 20.4. The zero-order chi connectivity index (χ0) is 18.8. The van der Waals surface area contributed by atoms with Crippen LogP contribution in [0.2, 0.25) is 0 Å². The molecule has 0 spiro atoms. The lowest BCUT2D eigenvalue weighted by atomic mass is 10.0. The lowest BCUT2D eigenvalue weighted by Gasteiger charge is -2.42. The van der Waals surface area contributed by atoms with Crippen LogP contribution in [-0.4, -0.2) is 66.5 Å². The molecule has 0 unspecified atom stereocenters. The summed E-state index contributed by atoms with van der Waals surface area (Å²) in [5, 5.41) is 11.1. The van der Waals surface area contributed by atoms with Gasteiger partial charge in [0, 0.05) is 51.4 Å². The standard InChI is InChI=1S/C16H22BrFN4O3S/c1-25-13-10-12(14(17)15(18)16(13)22(23)24)20-4-2-11(3-5-20)19-6-8-21(26)9-7-19/h10-11,26H,2-9H2,1H3. The molecule has 2 aliphatic heterocycles. The fourth-order valence-corrected chi connectivity index (χ4v) is 4.42. The second-order valence-corrected chi connectivity index (χ2v) is 7.90. The number of benzene rings is 1. The zero-order valence-corrected chi connectivity index (χ0v) is 17.0.